The van der Waals surface area contributed by atoms with Crippen molar-refractivity contribution >= 4 is 17.6 Å². The number of carbonyl (C=O) groups excluding carboxylic acids is 1. The Morgan fingerprint density at radius 3 is 2.63 bits per heavy atom. The highest BCUT2D eigenvalue weighted by Gasteiger charge is 2.24. The highest BCUT2D eigenvalue weighted by Crippen LogP contribution is 2.23. The van der Waals surface area contributed by atoms with Crippen molar-refractivity contribution in [3.8, 4) is 5.75 Å². The summed E-state index contributed by atoms with van der Waals surface area (Å²) in [4.78, 5) is 35.6. The fourth-order valence-electron chi connectivity index (χ4n) is 2.79. The molecule has 0 aliphatic carbocycles. The topological polar surface area (TPSA) is 92.6 Å². The smallest absolute Gasteiger partial charge is 0.277 e. The maximum atomic E-state index is 12.9. The Labute approximate surface area is 156 Å². The molecule has 0 unspecified atom stereocenters. The number of hydrogen-bond acceptors (Lipinski definition) is 5. The minimum atomic E-state index is -0.249. The van der Waals surface area contributed by atoms with Gasteiger partial charge in [-0.25, -0.2) is 4.98 Å². The first-order valence-electron chi connectivity index (χ1n) is 8.72. The van der Waals surface area contributed by atoms with E-state index >= 15 is 0 Å². The lowest BCUT2D eigenvalue weighted by Crippen LogP contribution is -2.35. The predicted molar refractivity (Wildman–Crippen MR) is 102 cm³/mol. The molecule has 0 saturated carbocycles. The molecule has 1 N–H and O–H groups in total. The molecule has 1 aromatic carbocycles. The average Bonchev–Trinajstić information content (AvgIpc) is 3.07. The molecule has 0 saturated heterocycles. The lowest BCUT2D eigenvalue weighted by Gasteiger charge is -2.22. The second-order valence-electron chi connectivity index (χ2n) is 6.70. The molecule has 0 bridgehead atoms. The first-order valence-corrected chi connectivity index (χ1v) is 8.72. The molecule has 8 heteroatoms. The zero-order valence-corrected chi connectivity index (χ0v) is 16.1. The maximum Gasteiger partial charge on any atom is 0.277 e. The van der Waals surface area contributed by atoms with E-state index in [0.29, 0.717) is 17.0 Å². The number of aromatic nitrogens is 4. The van der Waals surface area contributed by atoms with Crippen molar-refractivity contribution in [2.24, 2.45) is 5.92 Å². The van der Waals surface area contributed by atoms with E-state index in [1.165, 1.54) is 9.42 Å². The zero-order chi connectivity index (χ0) is 19.7. The Morgan fingerprint density at radius 1 is 1.26 bits per heavy atom. The van der Waals surface area contributed by atoms with Crippen LogP contribution in [0.25, 0.3) is 5.78 Å². The van der Waals surface area contributed by atoms with Crippen molar-refractivity contribution in [1.29, 1.82) is 0 Å². The van der Waals surface area contributed by atoms with Gasteiger partial charge in [0.1, 0.15) is 5.75 Å². The van der Waals surface area contributed by atoms with Crippen molar-refractivity contribution in [2.45, 2.75) is 34.2 Å². The molecule has 27 heavy (non-hydrogen) atoms. The molecule has 1 amide bonds. The fourth-order valence-corrected chi connectivity index (χ4v) is 2.79. The number of anilines is 1. The summed E-state index contributed by atoms with van der Waals surface area (Å²) in [5, 5.41) is 2.92. The van der Waals surface area contributed by atoms with Gasteiger partial charge in [0.15, 0.2) is 0 Å². The molecule has 0 aliphatic rings. The molecule has 8 nitrogen and oxygen atoms in total. The lowest BCUT2D eigenvalue weighted by molar-refractivity contribution is -0.121. The van der Waals surface area contributed by atoms with E-state index in [4.69, 9.17) is 4.74 Å². The van der Waals surface area contributed by atoms with Crippen molar-refractivity contribution in [3.63, 3.8) is 0 Å². The summed E-state index contributed by atoms with van der Waals surface area (Å²) < 4.78 is 6.66. The fraction of sp³-hybridized carbons (Fsp3) is 0.368. The van der Waals surface area contributed by atoms with Crippen LogP contribution in [0.15, 0.2) is 29.1 Å². The van der Waals surface area contributed by atoms with Crippen LogP contribution in [0.2, 0.25) is 0 Å². The monoisotopic (exact) mass is 369 g/mol. The summed E-state index contributed by atoms with van der Waals surface area (Å²) in [7, 11) is 1.59. The molecule has 3 aromatic rings. The van der Waals surface area contributed by atoms with E-state index < -0.39 is 0 Å². The lowest BCUT2D eigenvalue weighted by atomic mass is 10.1. The standard InChI is InChI=1S/C19H23N5O3/c1-11(2)16(25)23(10-14-8-6-7-9-15(14)27-5)19-21-18-20-13(4)12(3)17(26)24(18)22-19/h6-9,11H,10H2,1-5H3,(H,20,21,22). The van der Waals surface area contributed by atoms with Crippen molar-refractivity contribution < 1.29 is 9.53 Å². The van der Waals surface area contributed by atoms with Crippen LogP contribution >= 0.6 is 0 Å². The summed E-state index contributed by atoms with van der Waals surface area (Å²) in [6.07, 6.45) is 0. The molecular weight excluding hydrogens is 346 g/mol. The van der Waals surface area contributed by atoms with Gasteiger partial charge < -0.3 is 4.74 Å². The minimum absolute atomic E-state index is 0.124. The van der Waals surface area contributed by atoms with Crippen LogP contribution in [-0.4, -0.2) is 32.6 Å². The number of amides is 1. The second-order valence-corrected chi connectivity index (χ2v) is 6.70. The minimum Gasteiger partial charge on any atom is -0.496 e. The van der Waals surface area contributed by atoms with Crippen molar-refractivity contribution in [3.05, 3.63) is 51.4 Å². The molecule has 0 fully saturated rings. The molecule has 142 valence electrons. The van der Waals surface area contributed by atoms with Crippen LogP contribution in [0.4, 0.5) is 5.95 Å². The molecule has 0 spiro atoms. The van der Waals surface area contributed by atoms with Crippen molar-refractivity contribution in [2.75, 3.05) is 12.0 Å². The third-order valence-corrected chi connectivity index (χ3v) is 4.49. The van der Waals surface area contributed by atoms with Gasteiger partial charge in [0, 0.05) is 22.7 Å². The van der Waals surface area contributed by atoms with Gasteiger partial charge >= 0.3 is 0 Å². The van der Waals surface area contributed by atoms with Crippen LogP contribution in [0.5, 0.6) is 5.75 Å². The number of fused-ring (bicyclic) bond motifs is 1. The Balaban J connectivity index is 2.11. The molecular formula is C19H23N5O3. The number of H-pyrrole nitrogens is 1. The summed E-state index contributed by atoms with van der Waals surface area (Å²) in [5.41, 5.74) is 1.76. The maximum absolute atomic E-state index is 12.9. The average molecular weight is 369 g/mol. The second kappa shape index (κ2) is 7.22. The van der Waals surface area contributed by atoms with E-state index in [2.05, 4.69) is 15.1 Å². The Morgan fingerprint density at radius 2 is 1.96 bits per heavy atom. The predicted octanol–water partition coefficient (Wildman–Crippen LogP) is 2.23. The van der Waals surface area contributed by atoms with Gasteiger partial charge in [-0.05, 0) is 19.9 Å². The number of methoxy groups -OCH3 is 1. The first-order chi connectivity index (χ1) is 12.8. The van der Waals surface area contributed by atoms with E-state index in [1.54, 1.807) is 21.0 Å². The third kappa shape index (κ3) is 3.42. The van der Waals surface area contributed by atoms with Crippen LogP contribution in [0.3, 0.4) is 0 Å². The molecule has 0 atom stereocenters. The number of aromatic amines is 1. The number of ether oxygens (including phenoxy) is 1. The number of carbonyl (C=O) groups is 1. The van der Waals surface area contributed by atoms with Crippen molar-refractivity contribution in [1.82, 2.24) is 19.6 Å². The van der Waals surface area contributed by atoms with Gasteiger partial charge in [-0.2, -0.15) is 9.50 Å². The number of nitrogens with zero attached hydrogens (tertiary/aromatic N) is 4. The van der Waals surface area contributed by atoms with Crippen LogP contribution in [0.1, 0.15) is 30.7 Å². The molecule has 3 rings (SSSR count). The van der Waals surface area contributed by atoms with Gasteiger partial charge in [-0.1, -0.05) is 32.0 Å². The largest absolute Gasteiger partial charge is 0.496 e. The van der Waals surface area contributed by atoms with E-state index in [-0.39, 0.29) is 35.7 Å². The van der Waals surface area contributed by atoms with Crippen LogP contribution in [-0.2, 0) is 11.3 Å². The summed E-state index contributed by atoms with van der Waals surface area (Å²) in [5.74, 6) is 0.813. The van der Waals surface area contributed by atoms with Gasteiger partial charge in [-0.3, -0.25) is 19.6 Å². The Bertz CT molecular complexity index is 1050. The number of rotatable bonds is 5. The van der Waals surface area contributed by atoms with E-state index in [1.807, 2.05) is 38.1 Å². The quantitative estimate of drug-likeness (QED) is 0.744. The number of para-hydroxylation sites is 1. The number of nitrogens with one attached hydrogen (secondary N) is 1. The SMILES string of the molecule is COc1ccccc1CN(C(=O)C(C)C)c1nc2nc(C)c(C)c(=O)n2[nH]1. The first kappa shape index (κ1) is 18.6. The van der Waals surface area contributed by atoms with E-state index in [9.17, 15) is 9.59 Å². The third-order valence-electron chi connectivity index (χ3n) is 4.49. The Kier molecular flexibility index (Phi) is 4.98. The van der Waals surface area contributed by atoms with Gasteiger partial charge in [0.25, 0.3) is 11.3 Å². The summed E-state index contributed by atoms with van der Waals surface area (Å²) in [6.45, 7) is 7.37. The van der Waals surface area contributed by atoms with Crippen LogP contribution in [0, 0.1) is 19.8 Å². The van der Waals surface area contributed by atoms with Gasteiger partial charge in [-0.15, -0.1) is 0 Å². The highest BCUT2D eigenvalue weighted by molar-refractivity contribution is 5.93. The highest BCUT2D eigenvalue weighted by atomic mass is 16.5. The molecule has 2 heterocycles. The van der Waals surface area contributed by atoms with Gasteiger partial charge in [0.05, 0.1) is 13.7 Å². The van der Waals surface area contributed by atoms with E-state index in [0.717, 1.165) is 5.56 Å². The van der Waals surface area contributed by atoms with Crippen LogP contribution < -0.4 is 15.2 Å². The summed E-state index contributed by atoms with van der Waals surface area (Å²) in [6, 6.07) is 7.48. The summed E-state index contributed by atoms with van der Waals surface area (Å²) >= 11 is 0. The number of benzene rings is 1. The Hall–Kier alpha value is -3.16. The van der Waals surface area contributed by atoms with Gasteiger partial charge in [0.2, 0.25) is 11.9 Å². The number of aryl methyl sites for hydroxylation is 1. The zero-order valence-electron chi connectivity index (χ0n) is 16.1. The molecule has 2 aromatic heterocycles. The molecule has 0 aliphatic heterocycles. The molecule has 0 radical (unpaired) electrons. The normalized spacial score (nSPS) is 11.2. The number of hydrogen-bond donors (Lipinski definition) is 1.